The third-order valence-corrected chi connectivity index (χ3v) is 5.20. The third kappa shape index (κ3) is 5.26. The van der Waals surface area contributed by atoms with Crippen LogP contribution in [0.15, 0.2) is 64.7 Å². The van der Waals surface area contributed by atoms with E-state index in [1.54, 1.807) is 12.4 Å². The van der Waals surface area contributed by atoms with E-state index in [9.17, 15) is 9.59 Å². The number of anilines is 1. The molecule has 0 radical (unpaired) electrons. The second-order valence-electron chi connectivity index (χ2n) is 6.49. The molecule has 3 rings (SSSR count). The van der Waals surface area contributed by atoms with Crippen molar-refractivity contribution in [2.24, 2.45) is 0 Å². The molecule has 6 nitrogen and oxygen atoms in total. The van der Waals surface area contributed by atoms with Crippen LogP contribution in [0.25, 0.3) is 5.69 Å². The molecule has 1 amide bonds. The van der Waals surface area contributed by atoms with Gasteiger partial charge in [0.25, 0.3) is 5.56 Å². The molecule has 150 valence electrons. The van der Waals surface area contributed by atoms with E-state index in [2.05, 4.69) is 10.3 Å². The summed E-state index contributed by atoms with van der Waals surface area (Å²) in [4.78, 5) is 29.2. The maximum atomic E-state index is 12.8. The van der Waals surface area contributed by atoms with Crippen molar-refractivity contribution in [1.29, 1.82) is 0 Å². The first-order valence-corrected chi connectivity index (χ1v) is 10.3. The maximum absolute atomic E-state index is 12.8. The smallest absolute Gasteiger partial charge is 0.287 e. The summed E-state index contributed by atoms with van der Waals surface area (Å²) in [5, 5.41) is 3.17. The Morgan fingerprint density at radius 2 is 1.93 bits per heavy atom. The number of hydrogen-bond acceptors (Lipinski definition) is 5. The minimum Gasteiger partial charge on any atom is -0.494 e. The lowest BCUT2D eigenvalue weighted by Crippen LogP contribution is -2.22. The summed E-state index contributed by atoms with van der Waals surface area (Å²) in [5.41, 5.74) is 3.29. The fraction of sp³-hybridized carbons (Fsp3) is 0.227. The standard InChI is InChI=1S/C22H23N3O3S/c1-4-28-18-9-7-17(8-10-18)25-12-11-23-21(22(25)27)29-14-20(26)24-19-13-15(2)5-6-16(19)3/h5-13H,4,14H2,1-3H3,(H,24,26). The molecule has 0 saturated heterocycles. The van der Waals surface area contributed by atoms with Gasteiger partial charge >= 0.3 is 0 Å². The second kappa shape index (κ2) is 9.43. The van der Waals surface area contributed by atoms with Crippen LogP contribution >= 0.6 is 11.8 Å². The fourth-order valence-electron chi connectivity index (χ4n) is 2.76. The highest BCUT2D eigenvalue weighted by Crippen LogP contribution is 2.18. The second-order valence-corrected chi connectivity index (χ2v) is 7.45. The Hall–Kier alpha value is -3.06. The summed E-state index contributed by atoms with van der Waals surface area (Å²) in [7, 11) is 0. The first-order chi connectivity index (χ1) is 14.0. The van der Waals surface area contributed by atoms with E-state index in [0.717, 1.165) is 34.3 Å². The molecule has 0 aliphatic heterocycles. The number of rotatable bonds is 7. The molecule has 0 aliphatic rings. The number of aryl methyl sites for hydroxylation is 2. The van der Waals surface area contributed by atoms with Crippen LogP contribution in [0, 0.1) is 13.8 Å². The number of amides is 1. The van der Waals surface area contributed by atoms with Crippen LogP contribution in [0.1, 0.15) is 18.1 Å². The highest BCUT2D eigenvalue weighted by Gasteiger charge is 2.11. The number of carbonyl (C=O) groups is 1. The van der Waals surface area contributed by atoms with Crippen LogP contribution < -0.4 is 15.6 Å². The Kier molecular flexibility index (Phi) is 6.72. The molecule has 29 heavy (non-hydrogen) atoms. The van der Waals surface area contributed by atoms with E-state index in [0.29, 0.717) is 12.3 Å². The van der Waals surface area contributed by atoms with Gasteiger partial charge in [0.05, 0.1) is 12.4 Å². The monoisotopic (exact) mass is 409 g/mol. The predicted octanol–water partition coefficient (Wildman–Crippen LogP) is 3.98. The number of carbonyl (C=O) groups excluding carboxylic acids is 1. The van der Waals surface area contributed by atoms with Crippen LogP contribution in [0.5, 0.6) is 5.75 Å². The quantitative estimate of drug-likeness (QED) is 0.598. The SMILES string of the molecule is CCOc1ccc(-n2ccnc(SCC(=O)Nc3cc(C)ccc3C)c2=O)cc1. The van der Waals surface area contributed by atoms with E-state index in [4.69, 9.17) is 4.74 Å². The molecule has 0 spiro atoms. The fourth-order valence-corrected chi connectivity index (χ4v) is 3.45. The molecular weight excluding hydrogens is 386 g/mol. The molecule has 1 heterocycles. The molecular formula is C22H23N3O3S. The van der Waals surface area contributed by atoms with Crippen molar-refractivity contribution in [3.8, 4) is 11.4 Å². The van der Waals surface area contributed by atoms with Crippen molar-refractivity contribution < 1.29 is 9.53 Å². The maximum Gasteiger partial charge on any atom is 0.287 e. The van der Waals surface area contributed by atoms with Crippen molar-refractivity contribution in [2.45, 2.75) is 25.8 Å². The molecule has 1 aromatic heterocycles. The molecule has 2 aromatic carbocycles. The van der Waals surface area contributed by atoms with E-state index in [-0.39, 0.29) is 22.2 Å². The Labute approximate surface area is 173 Å². The topological polar surface area (TPSA) is 73.2 Å². The van der Waals surface area contributed by atoms with Crippen molar-refractivity contribution in [1.82, 2.24) is 9.55 Å². The molecule has 0 saturated carbocycles. The van der Waals surface area contributed by atoms with Gasteiger partial charge in [-0.1, -0.05) is 23.9 Å². The molecule has 0 bridgehead atoms. The summed E-state index contributed by atoms with van der Waals surface area (Å²) in [6.45, 7) is 6.41. The van der Waals surface area contributed by atoms with Crippen LogP contribution in [0.2, 0.25) is 0 Å². The lowest BCUT2D eigenvalue weighted by molar-refractivity contribution is -0.113. The lowest BCUT2D eigenvalue weighted by Gasteiger charge is -2.10. The lowest BCUT2D eigenvalue weighted by atomic mass is 10.1. The van der Waals surface area contributed by atoms with Gasteiger partial charge in [-0.25, -0.2) is 4.98 Å². The summed E-state index contributed by atoms with van der Waals surface area (Å²) < 4.78 is 6.94. The van der Waals surface area contributed by atoms with Crippen LogP contribution in [-0.2, 0) is 4.79 Å². The Balaban J connectivity index is 1.70. The number of nitrogens with zero attached hydrogens (tertiary/aromatic N) is 2. The number of ether oxygens (including phenoxy) is 1. The number of aromatic nitrogens is 2. The van der Waals surface area contributed by atoms with E-state index >= 15 is 0 Å². The van der Waals surface area contributed by atoms with Gasteiger partial charge in [-0.05, 0) is 62.2 Å². The summed E-state index contributed by atoms with van der Waals surface area (Å²) in [5.74, 6) is 0.667. The molecule has 1 N–H and O–H groups in total. The first-order valence-electron chi connectivity index (χ1n) is 9.28. The number of thioether (sulfide) groups is 1. The van der Waals surface area contributed by atoms with Crippen molar-refractivity contribution >= 4 is 23.4 Å². The minimum atomic E-state index is -0.263. The summed E-state index contributed by atoms with van der Waals surface area (Å²) in [6.07, 6.45) is 3.17. The van der Waals surface area contributed by atoms with E-state index < -0.39 is 0 Å². The number of hydrogen-bond donors (Lipinski definition) is 1. The van der Waals surface area contributed by atoms with Gasteiger partial charge in [-0.2, -0.15) is 0 Å². The van der Waals surface area contributed by atoms with Gasteiger partial charge in [-0.3, -0.25) is 14.2 Å². The predicted molar refractivity (Wildman–Crippen MR) is 116 cm³/mol. The number of nitrogens with one attached hydrogen (secondary N) is 1. The summed E-state index contributed by atoms with van der Waals surface area (Å²) in [6, 6.07) is 13.1. The molecule has 7 heteroatoms. The van der Waals surface area contributed by atoms with E-state index in [1.165, 1.54) is 4.57 Å². The van der Waals surface area contributed by atoms with Crippen molar-refractivity contribution in [3.05, 3.63) is 76.3 Å². The zero-order valence-electron chi connectivity index (χ0n) is 16.6. The largest absolute Gasteiger partial charge is 0.494 e. The normalized spacial score (nSPS) is 10.6. The number of benzene rings is 2. The Morgan fingerprint density at radius 3 is 2.66 bits per heavy atom. The van der Waals surface area contributed by atoms with Crippen molar-refractivity contribution in [2.75, 3.05) is 17.7 Å². The van der Waals surface area contributed by atoms with Crippen LogP contribution in [0.3, 0.4) is 0 Å². The molecule has 3 aromatic rings. The average Bonchev–Trinajstić information content (AvgIpc) is 2.71. The zero-order valence-corrected chi connectivity index (χ0v) is 17.5. The van der Waals surface area contributed by atoms with Gasteiger partial charge in [0, 0.05) is 23.8 Å². The van der Waals surface area contributed by atoms with Gasteiger partial charge in [0.2, 0.25) is 5.91 Å². The Bertz CT molecular complexity index is 1060. The highest BCUT2D eigenvalue weighted by molar-refractivity contribution is 7.99. The minimum absolute atomic E-state index is 0.100. The zero-order chi connectivity index (χ0) is 20.8. The van der Waals surface area contributed by atoms with E-state index in [1.807, 2.05) is 63.2 Å². The van der Waals surface area contributed by atoms with Crippen molar-refractivity contribution in [3.63, 3.8) is 0 Å². The van der Waals surface area contributed by atoms with Gasteiger partial charge in [0.1, 0.15) is 5.75 Å². The van der Waals surface area contributed by atoms with Gasteiger partial charge in [0.15, 0.2) is 5.03 Å². The van der Waals surface area contributed by atoms with Gasteiger partial charge < -0.3 is 10.1 Å². The highest BCUT2D eigenvalue weighted by atomic mass is 32.2. The average molecular weight is 410 g/mol. The molecule has 0 aliphatic carbocycles. The molecule has 0 atom stereocenters. The molecule has 0 fully saturated rings. The first kappa shape index (κ1) is 20.7. The van der Waals surface area contributed by atoms with Gasteiger partial charge in [-0.15, -0.1) is 0 Å². The summed E-state index contributed by atoms with van der Waals surface area (Å²) >= 11 is 1.12. The molecule has 0 unspecified atom stereocenters. The van der Waals surface area contributed by atoms with Crippen LogP contribution in [0.4, 0.5) is 5.69 Å². The van der Waals surface area contributed by atoms with Crippen LogP contribution in [-0.4, -0.2) is 27.8 Å². The third-order valence-electron chi connectivity index (χ3n) is 4.24. The Morgan fingerprint density at radius 1 is 1.17 bits per heavy atom.